The second kappa shape index (κ2) is 7.26. The molecule has 0 saturated heterocycles. The lowest BCUT2D eigenvalue weighted by Crippen LogP contribution is -2.15. The number of carbonyl (C=O) groups excluding carboxylic acids is 1. The van der Waals surface area contributed by atoms with Crippen molar-refractivity contribution >= 4 is 23.1 Å². The Bertz CT molecular complexity index is 976. The number of benzene rings is 2. The first-order valence-electron chi connectivity index (χ1n) is 7.86. The van der Waals surface area contributed by atoms with Crippen LogP contribution in [0.4, 0.5) is 26.0 Å². The molecule has 3 rings (SSSR count). The number of hydrogen-bond acceptors (Lipinski definition) is 4. The van der Waals surface area contributed by atoms with E-state index in [4.69, 9.17) is 0 Å². The van der Waals surface area contributed by atoms with Gasteiger partial charge >= 0.3 is 0 Å². The maximum Gasteiger partial charge on any atom is 0.274 e. The highest BCUT2D eigenvalue weighted by Crippen LogP contribution is 2.19. The Morgan fingerprint density at radius 2 is 1.73 bits per heavy atom. The minimum atomic E-state index is -0.974. The summed E-state index contributed by atoms with van der Waals surface area (Å²) in [5.41, 5.74) is 2.14. The summed E-state index contributed by atoms with van der Waals surface area (Å²) < 4.78 is 26.4. The number of nitrogens with one attached hydrogen (secondary N) is 2. The maximum atomic E-state index is 13.3. The van der Waals surface area contributed by atoms with Crippen LogP contribution in [0.25, 0.3) is 0 Å². The zero-order chi connectivity index (χ0) is 18.7. The van der Waals surface area contributed by atoms with Crippen molar-refractivity contribution in [1.29, 1.82) is 0 Å². The van der Waals surface area contributed by atoms with Gasteiger partial charge in [0.2, 0.25) is 0 Å². The van der Waals surface area contributed by atoms with Crippen LogP contribution < -0.4 is 10.6 Å². The van der Waals surface area contributed by atoms with Crippen LogP contribution in [0.2, 0.25) is 0 Å². The summed E-state index contributed by atoms with van der Waals surface area (Å²) in [6.45, 7) is 3.56. The van der Waals surface area contributed by atoms with E-state index in [-0.39, 0.29) is 5.69 Å². The first-order valence-corrected chi connectivity index (χ1v) is 7.86. The fourth-order valence-electron chi connectivity index (χ4n) is 2.39. The Balaban J connectivity index is 1.82. The molecule has 26 heavy (non-hydrogen) atoms. The van der Waals surface area contributed by atoms with Gasteiger partial charge in [-0.25, -0.2) is 18.7 Å². The van der Waals surface area contributed by atoms with Crippen LogP contribution in [0.3, 0.4) is 0 Å². The van der Waals surface area contributed by atoms with Gasteiger partial charge in [-0.15, -0.1) is 0 Å². The molecule has 0 aliphatic rings. The quantitative estimate of drug-likeness (QED) is 0.730. The van der Waals surface area contributed by atoms with Gasteiger partial charge in [0, 0.05) is 23.5 Å². The maximum absolute atomic E-state index is 13.3. The van der Waals surface area contributed by atoms with Crippen molar-refractivity contribution in [2.24, 2.45) is 0 Å². The molecule has 5 nitrogen and oxygen atoms in total. The molecule has 1 aromatic heterocycles. The average molecular weight is 354 g/mol. The molecule has 2 aromatic carbocycles. The number of aryl methyl sites for hydroxylation is 2. The van der Waals surface area contributed by atoms with Gasteiger partial charge in [0.15, 0.2) is 11.6 Å². The minimum absolute atomic E-state index is 0.157. The van der Waals surface area contributed by atoms with Crippen LogP contribution in [0, 0.1) is 25.5 Å². The Morgan fingerprint density at radius 1 is 0.923 bits per heavy atom. The molecule has 1 heterocycles. The SMILES string of the molecule is Cc1cccc(NC(=O)c2cc(Nc3ccc(F)c(F)c3)nc(C)n2)c1. The smallest absolute Gasteiger partial charge is 0.274 e. The molecule has 0 spiro atoms. The van der Waals surface area contributed by atoms with E-state index in [9.17, 15) is 13.6 Å². The van der Waals surface area contributed by atoms with E-state index in [2.05, 4.69) is 20.6 Å². The molecule has 132 valence electrons. The van der Waals surface area contributed by atoms with E-state index in [1.54, 1.807) is 13.0 Å². The summed E-state index contributed by atoms with van der Waals surface area (Å²) in [6.07, 6.45) is 0. The number of halogens is 2. The average Bonchev–Trinajstić information content (AvgIpc) is 2.58. The number of nitrogens with zero attached hydrogens (tertiary/aromatic N) is 2. The van der Waals surface area contributed by atoms with Crippen LogP contribution in [0.5, 0.6) is 0 Å². The van der Waals surface area contributed by atoms with Gasteiger partial charge < -0.3 is 10.6 Å². The van der Waals surface area contributed by atoms with E-state index >= 15 is 0 Å². The molecule has 0 saturated carbocycles. The molecule has 2 N–H and O–H groups in total. The predicted octanol–water partition coefficient (Wildman–Crippen LogP) is 4.37. The van der Waals surface area contributed by atoms with Crippen molar-refractivity contribution in [3.8, 4) is 0 Å². The molecule has 0 aliphatic heterocycles. The highest BCUT2D eigenvalue weighted by Gasteiger charge is 2.12. The summed E-state index contributed by atoms with van der Waals surface area (Å²) in [5, 5.41) is 5.61. The van der Waals surface area contributed by atoms with Crippen LogP contribution in [0.1, 0.15) is 21.9 Å². The van der Waals surface area contributed by atoms with E-state index in [1.165, 1.54) is 12.1 Å². The molecule has 0 radical (unpaired) electrons. The van der Waals surface area contributed by atoms with Gasteiger partial charge in [0.05, 0.1) is 0 Å². The Kier molecular flexibility index (Phi) is 4.88. The van der Waals surface area contributed by atoms with Gasteiger partial charge in [-0.1, -0.05) is 12.1 Å². The van der Waals surface area contributed by atoms with Crippen LogP contribution in [-0.4, -0.2) is 15.9 Å². The normalized spacial score (nSPS) is 10.5. The fourth-order valence-corrected chi connectivity index (χ4v) is 2.39. The lowest BCUT2D eigenvalue weighted by Gasteiger charge is -2.10. The van der Waals surface area contributed by atoms with Crippen LogP contribution in [0.15, 0.2) is 48.5 Å². The van der Waals surface area contributed by atoms with Crippen molar-refractivity contribution in [3.05, 3.63) is 77.2 Å². The second-order valence-corrected chi connectivity index (χ2v) is 5.76. The zero-order valence-corrected chi connectivity index (χ0v) is 14.2. The third kappa shape index (κ3) is 4.18. The van der Waals surface area contributed by atoms with E-state index in [0.29, 0.717) is 23.0 Å². The van der Waals surface area contributed by atoms with E-state index in [1.807, 2.05) is 25.1 Å². The predicted molar refractivity (Wildman–Crippen MR) is 95.5 cm³/mol. The van der Waals surface area contributed by atoms with E-state index in [0.717, 1.165) is 17.7 Å². The summed E-state index contributed by atoms with van der Waals surface area (Å²) in [6, 6.07) is 12.2. The van der Waals surface area contributed by atoms with Gasteiger partial charge in [0.25, 0.3) is 5.91 Å². The standard InChI is InChI=1S/C19H16F2N4O/c1-11-4-3-5-13(8-11)25-19(26)17-10-18(23-12(2)22-17)24-14-6-7-15(20)16(21)9-14/h3-10H,1-2H3,(H,25,26)(H,22,23,24). The van der Waals surface area contributed by atoms with Crippen molar-refractivity contribution in [2.75, 3.05) is 10.6 Å². The molecule has 0 bridgehead atoms. The van der Waals surface area contributed by atoms with Gasteiger partial charge in [0.1, 0.15) is 17.3 Å². The summed E-state index contributed by atoms with van der Waals surface area (Å²) in [7, 11) is 0. The molecule has 3 aromatic rings. The third-order valence-corrected chi connectivity index (χ3v) is 3.54. The zero-order valence-electron chi connectivity index (χ0n) is 14.2. The van der Waals surface area contributed by atoms with Crippen molar-refractivity contribution in [2.45, 2.75) is 13.8 Å². The highest BCUT2D eigenvalue weighted by atomic mass is 19.2. The van der Waals surface area contributed by atoms with Gasteiger partial charge in [-0.05, 0) is 43.7 Å². The van der Waals surface area contributed by atoms with Gasteiger partial charge in [-0.2, -0.15) is 0 Å². The van der Waals surface area contributed by atoms with E-state index < -0.39 is 17.5 Å². The highest BCUT2D eigenvalue weighted by molar-refractivity contribution is 6.03. The van der Waals surface area contributed by atoms with Crippen molar-refractivity contribution < 1.29 is 13.6 Å². The lowest BCUT2D eigenvalue weighted by atomic mass is 10.2. The molecule has 1 amide bonds. The molecular weight excluding hydrogens is 338 g/mol. The first-order chi connectivity index (χ1) is 12.4. The van der Waals surface area contributed by atoms with Gasteiger partial charge in [-0.3, -0.25) is 4.79 Å². The minimum Gasteiger partial charge on any atom is -0.340 e. The fraction of sp³-hybridized carbons (Fsp3) is 0.105. The van der Waals surface area contributed by atoms with Crippen LogP contribution in [-0.2, 0) is 0 Å². The first kappa shape index (κ1) is 17.5. The Labute approximate surface area is 149 Å². The molecule has 0 fully saturated rings. The van der Waals surface area contributed by atoms with Crippen molar-refractivity contribution in [1.82, 2.24) is 9.97 Å². The number of aromatic nitrogens is 2. The molecule has 0 atom stereocenters. The number of carbonyl (C=O) groups is 1. The van der Waals surface area contributed by atoms with Crippen molar-refractivity contribution in [3.63, 3.8) is 0 Å². The summed E-state index contributed by atoms with van der Waals surface area (Å²) in [5.74, 6) is -1.63. The number of amides is 1. The molecular formula is C19H16F2N4O. The van der Waals surface area contributed by atoms with Crippen LogP contribution >= 0.6 is 0 Å². The summed E-state index contributed by atoms with van der Waals surface area (Å²) >= 11 is 0. The monoisotopic (exact) mass is 354 g/mol. The largest absolute Gasteiger partial charge is 0.340 e. The Morgan fingerprint density at radius 3 is 2.46 bits per heavy atom. The molecule has 0 aliphatic carbocycles. The number of hydrogen-bond donors (Lipinski definition) is 2. The molecule has 7 heteroatoms. The lowest BCUT2D eigenvalue weighted by molar-refractivity contribution is 0.102. The topological polar surface area (TPSA) is 66.9 Å². The Hall–Kier alpha value is -3.35. The number of rotatable bonds is 4. The summed E-state index contributed by atoms with van der Waals surface area (Å²) in [4.78, 5) is 20.7. The second-order valence-electron chi connectivity index (χ2n) is 5.76. The number of anilines is 3. The molecule has 0 unspecified atom stereocenters. The third-order valence-electron chi connectivity index (χ3n) is 3.54.